The normalized spacial score (nSPS) is 14.0. The summed E-state index contributed by atoms with van der Waals surface area (Å²) in [6.45, 7) is 10.6. The molecule has 0 aliphatic heterocycles. The van der Waals surface area contributed by atoms with E-state index in [0.29, 0.717) is 17.5 Å². The minimum Gasteiger partial charge on any atom is -0.491 e. The summed E-state index contributed by atoms with van der Waals surface area (Å²) in [6.07, 6.45) is -3.39. The van der Waals surface area contributed by atoms with Crippen LogP contribution in [0, 0.1) is 5.92 Å². The smallest absolute Gasteiger partial charge is 0.419 e. The zero-order chi connectivity index (χ0) is 25.0. The number of rotatable bonds is 7. The van der Waals surface area contributed by atoms with Crippen molar-refractivity contribution in [3.8, 4) is 16.9 Å². The molecule has 9 heteroatoms. The second-order valence-electron chi connectivity index (χ2n) is 9.75. The number of hydrogen-bond acceptors (Lipinski definition) is 5. The first-order valence-corrected chi connectivity index (χ1v) is 10.7. The molecule has 0 saturated carbocycles. The highest BCUT2D eigenvalue weighted by Crippen LogP contribution is 2.39. The van der Waals surface area contributed by atoms with E-state index < -0.39 is 29.0 Å². The molecular weight excluding hydrogens is 435 g/mol. The maximum atomic E-state index is 13.8. The van der Waals surface area contributed by atoms with Crippen molar-refractivity contribution in [2.24, 2.45) is 5.92 Å². The standard InChI is InChI=1S/C24H32F3N3O3/c1-15(2)13-23(6,30-21(31)33-22(3,4)5)14-32-19-8-7-16(11-18(19)24(25,26)27)17-9-10-29-20(28)12-17/h7-12,15H,13-14H2,1-6H3,(H2,28,29)(H,30,31)/t23-/m0/s1. The Morgan fingerprint density at radius 3 is 2.27 bits per heavy atom. The molecule has 0 saturated heterocycles. The molecule has 0 radical (unpaired) electrons. The van der Waals surface area contributed by atoms with Crippen LogP contribution in [0.1, 0.15) is 53.5 Å². The summed E-state index contributed by atoms with van der Waals surface area (Å²) < 4.78 is 52.5. The molecule has 33 heavy (non-hydrogen) atoms. The minimum atomic E-state index is -4.64. The van der Waals surface area contributed by atoms with Crippen LogP contribution in [0.3, 0.4) is 0 Å². The van der Waals surface area contributed by atoms with E-state index in [1.54, 1.807) is 33.8 Å². The molecular formula is C24H32F3N3O3. The number of amides is 1. The Kier molecular flexibility index (Phi) is 7.87. The van der Waals surface area contributed by atoms with Gasteiger partial charge in [0.05, 0.1) is 11.1 Å². The summed E-state index contributed by atoms with van der Waals surface area (Å²) in [5, 5.41) is 2.76. The van der Waals surface area contributed by atoms with E-state index in [2.05, 4.69) is 10.3 Å². The Labute approximate surface area is 192 Å². The maximum Gasteiger partial charge on any atom is 0.419 e. The van der Waals surface area contributed by atoms with Crippen LogP contribution in [-0.2, 0) is 10.9 Å². The van der Waals surface area contributed by atoms with Crippen molar-refractivity contribution in [3.05, 3.63) is 42.1 Å². The Balaban J connectivity index is 2.31. The highest BCUT2D eigenvalue weighted by molar-refractivity contribution is 5.69. The lowest BCUT2D eigenvalue weighted by Gasteiger charge is -2.33. The van der Waals surface area contributed by atoms with Crippen LogP contribution >= 0.6 is 0 Å². The SMILES string of the molecule is CC(C)C[C@@](C)(COc1ccc(-c2ccnc(N)c2)cc1C(F)(F)F)NC(=O)OC(C)(C)C. The van der Waals surface area contributed by atoms with Gasteiger partial charge in [-0.25, -0.2) is 9.78 Å². The number of benzene rings is 1. The van der Waals surface area contributed by atoms with Crippen LogP contribution in [0.4, 0.5) is 23.8 Å². The van der Waals surface area contributed by atoms with Gasteiger partial charge in [-0.15, -0.1) is 0 Å². The number of nitrogens with two attached hydrogens (primary N) is 1. The number of pyridine rings is 1. The summed E-state index contributed by atoms with van der Waals surface area (Å²) in [6, 6.07) is 6.90. The average Bonchev–Trinajstić information content (AvgIpc) is 2.63. The number of aromatic nitrogens is 1. The van der Waals surface area contributed by atoms with Crippen LogP contribution < -0.4 is 15.8 Å². The first-order chi connectivity index (χ1) is 15.1. The Hall–Kier alpha value is -2.97. The van der Waals surface area contributed by atoms with E-state index in [1.807, 2.05) is 13.8 Å². The van der Waals surface area contributed by atoms with E-state index in [4.69, 9.17) is 15.2 Å². The van der Waals surface area contributed by atoms with Gasteiger partial charge < -0.3 is 20.5 Å². The van der Waals surface area contributed by atoms with Gasteiger partial charge >= 0.3 is 12.3 Å². The predicted octanol–water partition coefficient (Wildman–Crippen LogP) is 6.06. The number of halogens is 3. The summed E-state index contributed by atoms with van der Waals surface area (Å²) in [5.74, 6) is 0.0310. The summed E-state index contributed by atoms with van der Waals surface area (Å²) >= 11 is 0. The number of carbonyl (C=O) groups excluding carboxylic acids is 1. The largest absolute Gasteiger partial charge is 0.491 e. The number of nitrogens with zero attached hydrogens (tertiary/aromatic N) is 1. The quantitative estimate of drug-likeness (QED) is 0.517. The van der Waals surface area contributed by atoms with Gasteiger partial charge in [0.2, 0.25) is 0 Å². The van der Waals surface area contributed by atoms with Crippen LogP contribution in [0.25, 0.3) is 11.1 Å². The number of alkyl halides is 3. The third kappa shape index (κ3) is 8.14. The van der Waals surface area contributed by atoms with Gasteiger partial charge in [0.1, 0.15) is 23.8 Å². The molecule has 1 aromatic carbocycles. The van der Waals surface area contributed by atoms with Crippen molar-refractivity contribution < 1.29 is 27.4 Å². The average molecular weight is 468 g/mol. The zero-order valence-electron chi connectivity index (χ0n) is 19.8. The number of carbonyl (C=O) groups is 1. The number of alkyl carbamates (subject to hydrolysis) is 1. The number of nitrogen functional groups attached to an aromatic ring is 1. The summed E-state index contributed by atoms with van der Waals surface area (Å²) in [7, 11) is 0. The van der Waals surface area contributed by atoms with Crippen LogP contribution in [0.15, 0.2) is 36.5 Å². The predicted molar refractivity (Wildman–Crippen MR) is 122 cm³/mol. The van der Waals surface area contributed by atoms with Crippen molar-refractivity contribution in [2.45, 2.75) is 65.3 Å². The highest BCUT2D eigenvalue weighted by Gasteiger charge is 2.36. The highest BCUT2D eigenvalue weighted by atomic mass is 19.4. The zero-order valence-corrected chi connectivity index (χ0v) is 19.8. The van der Waals surface area contributed by atoms with E-state index >= 15 is 0 Å². The van der Waals surface area contributed by atoms with Gasteiger partial charge in [0, 0.05) is 6.20 Å². The fraction of sp³-hybridized carbons (Fsp3) is 0.500. The third-order valence-electron chi connectivity index (χ3n) is 4.61. The first kappa shape index (κ1) is 26.3. The molecule has 2 aromatic rings. The van der Waals surface area contributed by atoms with Gasteiger partial charge in [-0.2, -0.15) is 13.2 Å². The fourth-order valence-corrected chi connectivity index (χ4v) is 3.52. The number of ether oxygens (including phenoxy) is 2. The fourth-order valence-electron chi connectivity index (χ4n) is 3.52. The molecule has 1 aromatic heterocycles. The van der Waals surface area contributed by atoms with Crippen molar-refractivity contribution in [3.63, 3.8) is 0 Å². The van der Waals surface area contributed by atoms with Gasteiger partial charge in [0.15, 0.2) is 0 Å². The van der Waals surface area contributed by atoms with Gasteiger partial charge in [-0.3, -0.25) is 0 Å². The number of anilines is 1. The first-order valence-electron chi connectivity index (χ1n) is 10.7. The maximum absolute atomic E-state index is 13.8. The van der Waals surface area contributed by atoms with Gasteiger partial charge in [-0.05, 0) is 75.4 Å². The molecule has 1 heterocycles. The monoisotopic (exact) mass is 467 g/mol. The molecule has 0 aliphatic rings. The Bertz CT molecular complexity index is 971. The molecule has 1 amide bonds. The molecule has 2 rings (SSSR count). The summed E-state index contributed by atoms with van der Waals surface area (Å²) in [4.78, 5) is 16.2. The lowest BCUT2D eigenvalue weighted by molar-refractivity contribution is -0.139. The van der Waals surface area contributed by atoms with E-state index in [0.717, 1.165) is 6.07 Å². The summed E-state index contributed by atoms with van der Waals surface area (Å²) in [5.41, 5.74) is 3.93. The van der Waals surface area contributed by atoms with E-state index in [1.165, 1.54) is 24.4 Å². The van der Waals surface area contributed by atoms with E-state index in [-0.39, 0.29) is 24.1 Å². The molecule has 6 nitrogen and oxygen atoms in total. The minimum absolute atomic E-state index is 0.148. The molecule has 0 fully saturated rings. The lowest BCUT2D eigenvalue weighted by atomic mass is 9.91. The Morgan fingerprint density at radius 1 is 1.09 bits per heavy atom. The molecule has 182 valence electrons. The second-order valence-corrected chi connectivity index (χ2v) is 9.75. The van der Waals surface area contributed by atoms with Crippen molar-refractivity contribution in [2.75, 3.05) is 12.3 Å². The molecule has 0 bridgehead atoms. The molecule has 0 unspecified atom stereocenters. The molecule has 3 N–H and O–H groups in total. The van der Waals surface area contributed by atoms with Crippen molar-refractivity contribution >= 4 is 11.9 Å². The third-order valence-corrected chi connectivity index (χ3v) is 4.61. The van der Waals surface area contributed by atoms with Gasteiger partial charge in [-0.1, -0.05) is 19.9 Å². The molecule has 1 atom stereocenters. The van der Waals surface area contributed by atoms with E-state index in [9.17, 15) is 18.0 Å². The molecule has 0 aliphatic carbocycles. The van der Waals surface area contributed by atoms with Crippen LogP contribution in [-0.4, -0.2) is 28.8 Å². The van der Waals surface area contributed by atoms with Crippen LogP contribution in [0.5, 0.6) is 5.75 Å². The Morgan fingerprint density at radius 2 is 1.73 bits per heavy atom. The second kappa shape index (κ2) is 9.89. The number of nitrogens with one attached hydrogen (secondary N) is 1. The topological polar surface area (TPSA) is 86.5 Å². The lowest BCUT2D eigenvalue weighted by Crippen LogP contribution is -2.52. The van der Waals surface area contributed by atoms with Gasteiger partial charge in [0.25, 0.3) is 0 Å². The van der Waals surface area contributed by atoms with Crippen molar-refractivity contribution in [1.29, 1.82) is 0 Å². The number of hydrogen-bond donors (Lipinski definition) is 2. The van der Waals surface area contributed by atoms with Crippen molar-refractivity contribution in [1.82, 2.24) is 10.3 Å². The molecule has 0 spiro atoms. The van der Waals surface area contributed by atoms with Crippen LogP contribution in [0.2, 0.25) is 0 Å².